The summed E-state index contributed by atoms with van der Waals surface area (Å²) in [4.78, 5) is 56.1. The fraction of sp³-hybridized carbons (Fsp3) is 0.346. The minimum Gasteiger partial charge on any atom is -0.486 e. The van der Waals surface area contributed by atoms with E-state index < -0.39 is 40.9 Å². The van der Waals surface area contributed by atoms with Crippen molar-refractivity contribution in [1.82, 2.24) is 19.9 Å². The lowest BCUT2D eigenvalue weighted by Gasteiger charge is -2.21. The van der Waals surface area contributed by atoms with E-state index in [1.165, 1.54) is 35.0 Å². The lowest BCUT2D eigenvalue weighted by molar-refractivity contribution is -0.118. The van der Waals surface area contributed by atoms with Crippen LogP contribution >= 0.6 is 0 Å². The van der Waals surface area contributed by atoms with Gasteiger partial charge in [-0.1, -0.05) is 6.08 Å². The average Bonchev–Trinajstić information content (AvgIpc) is 3.24. The fourth-order valence-electron chi connectivity index (χ4n) is 3.65. The maximum absolute atomic E-state index is 14.2. The number of allylic oxidation sites excluding steroid dienone is 1. The number of aromatic amines is 1. The molecule has 3 aromatic rings. The van der Waals surface area contributed by atoms with Gasteiger partial charge in [-0.2, -0.15) is 0 Å². The van der Waals surface area contributed by atoms with Gasteiger partial charge in [0, 0.05) is 18.3 Å². The molecule has 0 aliphatic heterocycles. The number of rotatable bonds is 10. The molecule has 0 fully saturated rings. The zero-order valence-corrected chi connectivity index (χ0v) is 22.0. The van der Waals surface area contributed by atoms with Crippen LogP contribution in [-0.2, 0) is 20.9 Å². The Balaban J connectivity index is 1.81. The van der Waals surface area contributed by atoms with E-state index in [9.17, 15) is 23.6 Å². The van der Waals surface area contributed by atoms with Gasteiger partial charge in [-0.15, -0.1) is 0 Å². The predicted octanol–water partition coefficient (Wildman–Crippen LogP) is 2.57. The molecule has 0 aliphatic rings. The standard InChI is InChI=1S/C26H31FN6O6/c1-26(2,3)39-19-13-15(27)12-18-22(19)32-21(29-18)14-33-11-7-9-17(24(33)36)30-23(35)16(31-25(37)38-4)8-5-6-10-20(28)34/h6-7,9-13,16H,5,8,14H2,1-4H3,(H2,28,34)(H,29,32)(H,30,35)(H,31,37)/b10-6+. The molecule has 5 N–H and O–H groups in total. The van der Waals surface area contributed by atoms with Gasteiger partial charge in [-0.3, -0.25) is 14.4 Å². The molecule has 0 bridgehead atoms. The molecule has 2 aromatic heterocycles. The second-order valence-electron chi connectivity index (χ2n) is 9.61. The van der Waals surface area contributed by atoms with Crippen LogP contribution in [0.5, 0.6) is 5.75 Å². The number of alkyl carbamates (subject to hydrolysis) is 1. The number of imidazole rings is 1. The lowest BCUT2D eigenvalue weighted by atomic mass is 10.1. The van der Waals surface area contributed by atoms with Crippen LogP contribution in [0.15, 0.2) is 47.4 Å². The van der Waals surface area contributed by atoms with E-state index in [-0.39, 0.29) is 25.1 Å². The molecule has 12 nitrogen and oxygen atoms in total. The number of halogens is 1. The van der Waals surface area contributed by atoms with Crippen LogP contribution < -0.4 is 26.7 Å². The van der Waals surface area contributed by atoms with E-state index in [0.29, 0.717) is 22.6 Å². The van der Waals surface area contributed by atoms with Gasteiger partial charge in [-0.25, -0.2) is 14.2 Å². The molecule has 0 saturated heterocycles. The summed E-state index contributed by atoms with van der Waals surface area (Å²) in [6.45, 7) is 5.51. The number of nitrogens with zero attached hydrogens (tertiary/aromatic N) is 2. The number of H-pyrrole nitrogens is 1. The highest BCUT2D eigenvalue weighted by molar-refractivity contribution is 5.96. The number of fused-ring (bicyclic) bond motifs is 1. The number of pyridine rings is 1. The first-order chi connectivity index (χ1) is 18.4. The summed E-state index contributed by atoms with van der Waals surface area (Å²) in [5.41, 5.74) is 4.74. The van der Waals surface area contributed by atoms with Gasteiger partial charge in [0.1, 0.15) is 40.2 Å². The van der Waals surface area contributed by atoms with Crippen LogP contribution in [0.4, 0.5) is 14.9 Å². The van der Waals surface area contributed by atoms with Crippen molar-refractivity contribution in [3.05, 3.63) is 64.6 Å². The van der Waals surface area contributed by atoms with E-state index in [1.807, 2.05) is 20.8 Å². The molecule has 2 heterocycles. The van der Waals surface area contributed by atoms with Crippen molar-refractivity contribution in [1.29, 1.82) is 0 Å². The normalized spacial score (nSPS) is 12.3. The number of benzene rings is 1. The van der Waals surface area contributed by atoms with E-state index >= 15 is 0 Å². The zero-order chi connectivity index (χ0) is 28.7. The monoisotopic (exact) mass is 542 g/mol. The van der Waals surface area contributed by atoms with Gasteiger partial charge in [0.2, 0.25) is 11.8 Å². The van der Waals surface area contributed by atoms with Crippen molar-refractivity contribution < 1.29 is 28.2 Å². The van der Waals surface area contributed by atoms with Gasteiger partial charge in [0.25, 0.3) is 5.56 Å². The molecule has 0 radical (unpaired) electrons. The van der Waals surface area contributed by atoms with Crippen molar-refractivity contribution in [3.8, 4) is 5.75 Å². The summed E-state index contributed by atoms with van der Waals surface area (Å²) >= 11 is 0. The van der Waals surface area contributed by atoms with Gasteiger partial charge >= 0.3 is 6.09 Å². The molecule has 39 heavy (non-hydrogen) atoms. The third kappa shape index (κ3) is 8.15. The molecule has 3 rings (SSSR count). The number of carbonyl (C=O) groups excluding carboxylic acids is 3. The summed E-state index contributed by atoms with van der Waals surface area (Å²) < 4.78 is 25.9. The highest BCUT2D eigenvalue weighted by Crippen LogP contribution is 2.28. The molecular weight excluding hydrogens is 511 g/mol. The smallest absolute Gasteiger partial charge is 0.407 e. The summed E-state index contributed by atoms with van der Waals surface area (Å²) in [6, 6.07) is 4.45. The molecule has 0 aliphatic carbocycles. The largest absolute Gasteiger partial charge is 0.486 e. The second-order valence-corrected chi connectivity index (χ2v) is 9.61. The Morgan fingerprint density at radius 1 is 1.28 bits per heavy atom. The van der Waals surface area contributed by atoms with E-state index in [2.05, 4.69) is 25.3 Å². The summed E-state index contributed by atoms with van der Waals surface area (Å²) in [5, 5.41) is 4.93. The quantitative estimate of drug-likeness (QED) is 0.285. The highest BCUT2D eigenvalue weighted by atomic mass is 19.1. The van der Waals surface area contributed by atoms with Crippen molar-refractivity contribution in [2.45, 2.75) is 51.8 Å². The Bertz CT molecular complexity index is 1460. The maximum Gasteiger partial charge on any atom is 0.407 e. The van der Waals surface area contributed by atoms with Gasteiger partial charge in [0.05, 0.1) is 19.2 Å². The first kappa shape index (κ1) is 28.9. The van der Waals surface area contributed by atoms with Crippen LogP contribution in [0, 0.1) is 5.82 Å². The number of carbonyl (C=O) groups is 3. The Hall–Kier alpha value is -4.68. The number of hydrogen-bond acceptors (Lipinski definition) is 7. The third-order valence-electron chi connectivity index (χ3n) is 5.28. The van der Waals surface area contributed by atoms with Crippen LogP contribution in [0.3, 0.4) is 0 Å². The summed E-state index contributed by atoms with van der Waals surface area (Å²) in [5.74, 6) is -1.16. The van der Waals surface area contributed by atoms with Gasteiger partial charge < -0.3 is 35.4 Å². The molecule has 0 spiro atoms. The Kier molecular flexibility index (Phi) is 9.07. The summed E-state index contributed by atoms with van der Waals surface area (Å²) in [6.07, 6.45) is 3.65. The number of nitrogens with one attached hydrogen (secondary N) is 3. The first-order valence-corrected chi connectivity index (χ1v) is 12.0. The molecule has 208 valence electrons. The Morgan fingerprint density at radius 3 is 2.69 bits per heavy atom. The topological polar surface area (TPSA) is 170 Å². The molecule has 1 aromatic carbocycles. The number of nitrogens with two attached hydrogens (primary N) is 1. The van der Waals surface area contributed by atoms with E-state index in [1.54, 1.807) is 6.07 Å². The van der Waals surface area contributed by atoms with Gasteiger partial charge in [-0.05, 0) is 51.8 Å². The van der Waals surface area contributed by atoms with Crippen molar-refractivity contribution in [2.75, 3.05) is 12.4 Å². The first-order valence-electron chi connectivity index (χ1n) is 12.0. The molecule has 1 unspecified atom stereocenters. The minimum atomic E-state index is -1.06. The molecule has 0 saturated carbocycles. The molecular formula is C26H31FN6O6. The number of amides is 3. The number of aromatic nitrogens is 3. The van der Waals surface area contributed by atoms with Gasteiger partial charge in [0.15, 0.2) is 0 Å². The highest BCUT2D eigenvalue weighted by Gasteiger charge is 2.22. The van der Waals surface area contributed by atoms with Crippen molar-refractivity contribution in [3.63, 3.8) is 0 Å². The van der Waals surface area contributed by atoms with Crippen LogP contribution in [-0.4, -0.2) is 51.2 Å². The zero-order valence-electron chi connectivity index (χ0n) is 22.0. The van der Waals surface area contributed by atoms with Crippen LogP contribution in [0.2, 0.25) is 0 Å². The molecule has 3 amide bonds. The lowest BCUT2D eigenvalue weighted by Crippen LogP contribution is -2.44. The molecule has 1 atom stereocenters. The average molecular weight is 543 g/mol. The van der Waals surface area contributed by atoms with Crippen molar-refractivity contribution >= 4 is 34.6 Å². The number of hydrogen-bond donors (Lipinski definition) is 4. The number of ether oxygens (including phenoxy) is 2. The van der Waals surface area contributed by atoms with E-state index in [4.69, 9.17) is 10.5 Å². The summed E-state index contributed by atoms with van der Waals surface area (Å²) in [7, 11) is 1.15. The fourth-order valence-corrected chi connectivity index (χ4v) is 3.65. The number of methoxy groups -OCH3 is 1. The molecule has 13 heteroatoms. The third-order valence-corrected chi connectivity index (χ3v) is 5.28. The SMILES string of the molecule is COC(=O)NC(CC/C=C/C(N)=O)C(=O)Nc1cccn(Cc2nc3cc(F)cc(OC(C)(C)C)c3[nH]2)c1=O. The Morgan fingerprint density at radius 2 is 2.03 bits per heavy atom. The van der Waals surface area contributed by atoms with Crippen LogP contribution in [0.1, 0.15) is 39.4 Å². The second kappa shape index (κ2) is 12.2. The van der Waals surface area contributed by atoms with Crippen molar-refractivity contribution in [2.24, 2.45) is 5.73 Å². The maximum atomic E-state index is 14.2. The minimum absolute atomic E-state index is 0.00441. The van der Waals surface area contributed by atoms with E-state index in [0.717, 1.165) is 13.2 Å². The number of primary amides is 1. The van der Waals surface area contributed by atoms with Crippen LogP contribution in [0.25, 0.3) is 11.0 Å². The Labute approximate surface area is 223 Å². The number of anilines is 1. The predicted molar refractivity (Wildman–Crippen MR) is 142 cm³/mol.